The van der Waals surface area contributed by atoms with E-state index in [1.54, 1.807) is 0 Å². The molecule has 1 heterocycles. The Labute approximate surface area is 96.1 Å². The van der Waals surface area contributed by atoms with Crippen LogP contribution in [-0.4, -0.2) is 0 Å². The number of rotatable bonds is 2. The van der Waals surface area contributed by atoms with Crippen molar-refractivity contribution in [2.24, 2.45) is 5.73 Å². The van der Waals surface area contributed by atoms with Crippen LogP contribution in [-0.2, 0) is 0 Å². The first-order valence-corrected chi connectivity index (χ1v) is 5.47. The van der Waals surface area contributed by atoms with Crippen LogP contribution in [0, 0.1) is 20.8 Å². The fraction of sp³-hybridized carbons (Fsp3) is 0.286. The molecule has 84 valence electrons. The lowest BCUT2D eigenvalue weighted by atomic mass is 9.98. The van der Waals surface area contributed by atoms with Gasteiger partial charge < -0.3 is 10.2 Å². The van der Waals surface area contributed by atoms with Gasteiger partial charge in [0.15, 0.2) is 0 Å². The first kappa shape index (κ1) is 11.0. The van der Waals surface area contributed by atoms with Gasteiger partial charge in [0, 0.05) is 5.56 Å². The molecule has 1 aromatic heterocycles. The summed E-state index contributed by atoms with van der Waals surface area (Å²) in [5, 5.41) is 0. The first-order chi connectivity index (χ1) is 7.58. The van der Waals surface area contributed by atoms with Gasteiger partial charge in [-0.1, -0.05) is 29.8 Å². The largest absolute Gasteiger partial charge is 0.466 e. The average Bonchev–Trinajstić information content (AvgIpc) is 2.57. The Balaban J connectivity index is 2.38. The third kappa shape index (κ3) is 2.02. The van der Waals surface area contributed by atoms with Crippen LogP contribution in [0.2, 0.25) is 0 Å². The summed E-state index contributed by atoms with van der Waals surface area (Å²) in [6, 6.07) is 10.2. The SMILES string of the molecule is Cc1cccc(C(N)c2cc(C)oc2C)c1. The van der Waals surface area contributed by atoms with Crippen LogP contribution in [0.15, 0.2) is 34.7 Å². The highest BCUT2D eigenvalue weighted by Crippen LogP contribution is 2.25. The van der Waals surface area contributed by atoms with Crippen LogP contribution >= 0.6 is 0 Å². The van der Waals surface area contributed by atoms with Crippen LogP contribution in [0.1, 0.15) is 34.3 Å². The summed E-state index contributed by atoms with van der Waals surface area (Å²) in [5.74, 6) is 1.82. The van der Waals surface area contributed by atoms with Crippen LogP contribution < -0.4 is 5.73 Å². The smallest absolute Gasteiger partial charge is 0.106 e. The second kappa shape index (κ2) is 4.14. The molecule has 2 heteroatoms. The summed E-state index contributed by atoms with van der Waals surface area (Å²) in [4.78, 5) is 0. The van der Waals surface area contributed by atoms with Gasteiger partial charge in [0.2, 0.25) is 0 Å². The third-order valence-electron chi connectivity index (χ3n) is 2.82. The standard InChI is InChI=1S/C14H17NO/c1-9-5-4-6-12(7-9)14(15)13-8-10(2)16-11(13)3/h4-8,14H,15H2,1-3H3. The van der Waals surface area contributed by atoms with E-state index in [4.69, 9.17) is 10.2 Å². The minimum Gasteiger partial charge on any atom is -0.466 e. The highest BCUT2D eigenvalue weighted by atomic mass is 16.3. The van der Waals surface area contributed by atoms with E-state index in [0.29, 0.717) is 0 Å². The molecule has 0 bridgehead atoms. The zero-order valence-electron chi connectivity index (χ0n) is 9.95. The highest BCUT2D eigenvalue weighted by molar-refractivity contribution is 5.35. The molecule has 0 fully saturated rings. The van der Waals surface area contributed by atoms with E-state index < -0.39 is 0 Å². The van der Waals surface area contributed by atoms with Crippen molar-refractivity contribution in [3.63, 3.8) is 0 Å². The van der Waals surface area contributed by atoms with E-state index in [1.807, 2.05) is 26.0 Å². The number of aryl methyl sites for hydroxylation is 3. The molecule has 1 aromatic carbocycles. The Kier molecular flexibility index (Phi) is 2.84. The summed E-state index contributed by atoms with van der Waals surface area (Å²) in [6.45, 7) is 5.97. The van der Waals surface area contributed by atoms with Gasteiger partial charge in [0.1, 0.15) is 11.5 Å². The monoisotopic (exact) mass is 215 g/mol. The minimum atomic E-state index is -0.0997. The molecule has 2 nitrogen and oxygen atoms in total. The number of nitrogens with two attached hydrogens (primary N) is 1. The van der Waals surface area contributed by atoms with Crippen molar-refractivity contribution in [3.8, 4) is 0 Å². The summed E-state index contributed by atoms with van der Waals surface area (Å²) < 4.78 is 5.51. The van der Waals surface area contributed by atoms with Crippen molar-refractivity contribution in [2.45, 2.75) is 26.8 Å². The fourth-order valence-corrected chi connectivity index (χ4v) is 2.00. The Morgan fingerprint density at radius 3 is 2.44 bits per heavy atom. The molecule has 1 atom stereocenters. The Morgan fingerprint density at radius 1 is 1.12 bits per heavy atom. The van der Waals surface area contributed by atoms with Crippen molar-refractivity contribution in [3.05, 3.63) is 58.5 Å². The predicted octanol–water partition coefficient (Wildman–Crippen LogP) is 3.25. The van der Waals surface area contributed by atoms with Gasteiger partial charge in [0.25, 0.3) is 0 Å². The summed E-state index contributed by atoms with van der Waals surface area (Å²) >= 11 is 0. The van der Waals surface area contributed by atoms with Crippen LogP contribution in [0.4, 0.5) is 0 Å². The molecule has 16 heavy (non-hydrogen) atoms. The van der Waals surface area contributed by atoms with Crippen LogP contribution in [0.5, 0.6) is 0 Å². The maximum Gasteiger partial charge on any atom is 0.106 e. The van der Waals surface area contributed by atoms with Crippen molar-refractivity contribution in [1.29, 1.82) is 0 Å². The van der Waals surface area contributed by atoms with Crippen molar-refractivity contribution in [1.82, 2.24) is 0 Å². The van der Waals surface area contributed by atoms with Gasteiger partial charge in [-0.05, 0) is 32.4 Å². The average molecular weight is 215 g/mol. The molecule has 0 saturated carbocycles. The van der Waals surface area contributed by atoms with Gasteiger partial charge in [-0.15, -0.1) is 0 Å². The lowest BCUT2D eigenvalue weighted by molar-refractivity contribution is 0.499. The molecule has 2 aromatic rings. The van der Waals surface area contributed by atoms with Crippen molar-refractivity contribution in [2.75, 3.05) is 0 Å². The predicted molar refractivity (Wildman–Crippen MR) is 65.4 cm³/mol. The Bertz CT molecular complexity index is 499. The topological polar surface area (TPSA) is 39.2 Å². The quantitative estimate of drug-likeness (QED) is 0.835. The normalized spacial score (nSPS) is 12.8. The second-order valence-electron chi connectivity index (χ2n) is 4.26. The molecule has 0 saturated heterocycles. The van der Waals surface area contributed by atoms with E-state index in [-0.39, 0.29) is 6.04 Å². The molecule has 0 aliphatic rings. The van der Waals surface area contributed by atoms with Gasteiger partial charge in [0.05, 0.1) is 6.04 Å². The zero-order chi connectivity index (χ0) is 11.7. The number of furan rings is 1. The highest BCUT2D eigenvalue weighted by Gasteiger charge is 2.14. The summed E-state index contributed by atoms with van der Waals surface area (Å²) in [7, 11) is 0. The Morgan fingerprint density at radius 2 is 1.88 bits per heavy atom. The van der Waals surface area contributed by atoms with E-state index >= 15 is 0 Å². The number of hydrogen-bond donors (Lipinski definition) is 1. The number of benzene rings is 1. The Hall–Kier alpha value is -1.54. The second-order valence-corrected chi connectivity index (χ2v) is 4.26. The molecular weight excluding hydrogens is 198 g/mol. The van der Waals surface area contributed by atoms with Gasteiger partial charge in [-0.25, -0.2) is 0 Å². The van der Waals surface area contributed by atoms with Gasteiger partial charge in [-0.2, -0.15) is 0 Å². The van der Waals surface area contributed by atoms with E-state index in [2.05, 4.69) is 25.1 Å². The van der Waals surface area contributed by atoms with Gasteiger partial charge in [-0.3, -0.25) is 0 Å². The number of hydrogen-bond acceptors (Lipinski definition) is 2. The molecule has 0 amide bonds. The van der Waals surface area contributed by atoms with E-state index in [1.165, 1.54) is 5.56 Å². The summed E-state index contributed by atoms with van der Waals surface area (Å²) in [5.41, 5.74) is 9.67. The third-order valence-corrected chi connectivity index (χ3v) is 2.82. The molecule has 0 aliphatic carbocycles. The molecular formula is C14H17NO. The fourth-order valence-electron chi connectivity index (χ4n) is 2.00. The maximum atomic E-state index is 6.24. The van der Waals surface area contributed by atoms with Crippen molar-refractivity contribution < 1.29 is 4.42 Å². The summed E-state index contributed by atoms with van der Waals surface area (Å²) in [6.07, 6.45) is 0. The molecule has 0 radical (unpaired) electrons. The van der Waals surface area contributed by atoms with Gasteiger partial charge >= 0.3 is 0 Å². The van der Waals surface area contributed by atoms with E-state index in [0.717, 1.165) is 22.6 Å². The molecule has 0 spiro atoms. The first-order valence-electron chi connectivity index (χ1n) is 5.47. The molecule has 2 rings (SSSR count). The minimum absolute atomic E-state index is 0.0997. The van der Waals surface area contributed by atoms with Crippen LogP contribution in [0.3, 0.4) is 0 Å². The molecule has 1 unspecified atom stereocenters. The van der Waals surface area contributed by atoms with Crippen molar-refractivity contribution >= 4 is 0 Å². The maximum absolute atomic E-state index is 6.24. The zero-order valence-corrected chi connectivity index (χ0v) is 9.95. The van der Waals surface area contributed by atoms with E-state index in [9.17, 15) is 0 Å². The lowest BCUT2D eigenvalue weighted by Gasteiger charge is -2.11. The molecule has 2 N–H and O–H groups in total. The lowest BCUT2D eigenvalue weighted by Crippen LogP contribution is -2.12. The molecule has 0 aliphatic heterocycles. The van der Waals surface area contributed by atoms with Crippen LogP contribution in [0.25, 0.3) is 0 Å².